The van der Waals surface area contributed by atoms with Crippen LogP contribution in [0, 0.1) is 0 Å². The number of hydrogen-bond donors (Lipinski definition) is 0. The Morgan fingerprint density at radius 3 is 1.62 bits per heavy atom. The molecule has 0 aromatic rings. The molecule has 0 aliphatic carbocycles. The van der Waals surface area contributed by atoms with Gasteiger partial charge in [0.25, 0.3) is 0 Å². The van der Waals surface area contributed by atoms with Crippen molar-refractivity contribution in [3.8, 4) is 0 Å². The maximum Gasteiger partial charge on any atom is 0.517 e. The standard InChI is InChI=1S/CF3NO2S/c2-1(3,4)5-8(6)7. The molecule has 0 aromatic carbocycles. The second-order valence-electron chi connectivity index (χ2n) is 0.776. The van der Waals surface area contributed by atoms with Crippen LogP contribution in [0.4, 0.5) is 13.2 Å². The predicted octanol–water partition coefficient (Wildman–Crippen LogP) is 0.569. The van der Waals surface area contributed by atoms with Crippen molar-refractivity contribution in [3.05, 3.63) is 0 Å². The molecule has 0 aromatic heterocycles. The summed E-state index contributed by atoms with van der Waals surface area (Å²) >= 11 is 0. The average Bonchev–Trinajstić information content (AvgIpc) is 1.21. The van der Waals surface area contributed by atoms with Crippen molar-refractivity contribution in [2.45, 2.75) is 6.30 Å². The van der Waals surface area contributed by atoms with E-state index in [0.717, 1.165) is 0 Å². The summed E-state index contributed by atoms with van der Waals surface area (Å²) < 4.78 is 51.8. The van der Waals surface area contributed by atoms with Gasteiger partial charge in [0, 0.05) is 0 Å². The summed E-state index contributed by atoms with van der Waals surface area (Å²) in [7, 11) is -3.39. The third-order valence-electron chi connectivity index (χ3n) is 0.178. The summed E-state index contributed by atoms with van der Waals surface area (Å²) in [6, 6.07) is 0. The number of nitrogens with zero attached hydrogens (tertiary/aromatic N) is 1. The van der Waals surface area contributed by atoms with Crippen molar-refractivity contribution < 1.29 is 21.6 Å². The summed E-state index contributed by atoms with van der Waals surface area (Å²) in [5.74, 6) is 0. The van der Waals surface area contributed by atoms with Crippen molar-refractivity contribution >= 4 is 10.5 Å². The maximum atomic E-state index is 10.7. The van der Waals surface area contributed by atoms with Gasteiger partial charge in [0.2, 0.25) is 0 Å². The van der Waals surface area contributed by atoms with Crippen LogP contribution >= 0.6 is 0 Å². The Bertz CT molecular complexity index is 180. The Balaban J connectivity index is 4.34. The molecule has 0 bridgehead atoms. The van der Waals surface area contributed by atoms with E-state index in [4.69, 9.17) is 8.42 Å². The summed E-state index contributed by atoms with van der Waals surface area (Å²) in [5.41, 5.74) is 0. The van der Waals surface area contributed by atoms with Crippen LogP contribution in [-0.4, -0.2) is 14.7 Å². The van der Waals surface area contributed by atoms with E-state index < -0.39 is 16.8 Å². The predicted molar refractivity (Wildman–Crippen MR) is 17.4 cm³/mol. The fourth-order valence-electron chi connectivity index (χ4n) is 0.0845. The molecule has 0 atom stereocenters. The summed E-state index contributed by atoms with van der Waals surface area (Å²) in [5, 5.41) is 0. The van der Waals surface area contributed by atoms with Crippen LogP contribution in [0.5, 0.6) is 0 Å². The molecule has 0 N–H and O–H groups in total. The van der Waals surface area contributed by atoms with Crippen LogP contribution in [0.3, 0.4) is 0 Å². The second kappa shape index (κ2) is 2.12. The Kier molecular flexibility index (Phi) is 1.96. The Morgan fingerprint density at radius 1 is 1.25 bits per heavy atom. The quantitative estimate of drug-likeness (QED) is 0.470. The smallest absolute Gasteiger partial charge is 0.163 e. The van der Waals surface area contributed by atoms with E-state index in [2.05, 4.69) is 0 Å². The lowest BCUT2D eigenvalue weighted by Crippen LogP contribution is -1.99. The zero-order valence-corrected chi connectivity index (χ0v) is 4.12. The Labute approximate surface area is 43.8 Å². The summed E-state index contributed by atoms with van der Waals surface area (Å²) in [4.78, 5) is 0. The first-order chi connectivity index (χ1) is 3.42. The lowest BCUT2D eigenvalue weighted by molar-refractivity contribution is -0.117. The van der Waals surface area contributed by atoms with Crippen molar-refractivity contribution in [3.63, 3.8) is 0 Å². The molecule has 0 aliphatic heterocycles. The molecule has 0 saturated heterocycles. The van der Waals surface area contributed by atoms with Gasteiger partial charge in [-0.1, -0.05) is 4.36 Å². The molecule has 7 heteroatoms. The van der Waals surface area contributed by atoms with Gasteiger partial charge in [-0.2, -0.15) is 8.42 Å². The molecule has 0 unspecified atom stereocenters. The maximum absolute atomic E-state index is 10.7. The molecular formula is CF3NO2S. The minimum Gasteiger partial charge on any atom is -0.163 e. The highest BCUT2D eigenvalue weighted by molar-refractivity contribution is 7.61. The van der Waals surface area contributed by atoms with Gasteiger partial charge in [-0.3, -0.25) is 0 Å². The van der Waals surface area contributed by atoms with E-state index in [1.807, 2.05) is 0 Å². The Morgan fingerprint density at radius 2 is 1.62 bits per heavy atom. The number of alkyl halides is 3. The van der Waals surface area contributed by atoms with Crippen LogP contribution < -0.4 is 0 Å². The van der Waals surface area contributed by atoms with E-state index in [0.29, 0.717) is 0 Å². The largest absolute Gasteiger partial charge is 0.517 e. The van der Waals surface area contributed by atoms with Gasteiger partial charge in [-0.05, 0) is 0 Å². The van der Waals surface area contributed by atoms with Crippen molar-refractivity contribution in [2.24, 2.45) is 4.36 Å². The zero-order chi connectivity index (χ0) is 6.78. The highest BCUT2D eigenvalue weighted by Crippen LogP contribution is 2.14. The van der Waals surface area contributed by atoms with Crippen LogP contribution in [0.15, 0.2) is 4.36 Å². The monoisotopic (exact) mass is 147 g/mol. The number of rotatable bonds is 0. The Hall–Kier alpha value is -0.590. The van der Waals surface area contributed by atoms with Crippen LogP contribution in [0.2, 0.25) is 0 Å². The van der Waals surface area contributed by atoms with Crippen LogP contribution in [0.25, 0.3) is 0 Å². The molecule has 0 fully saturated rings. The van der Waals surface area contributed by atoms with Crippen molar-refractivity contribution in [1.29, 1.82) is 0 Å². The molecular weight excluding hydrogens is 147 g/mol. The first-order valence-corrected chi connectivity index (χ1v) is 2.34. The van der Waals surface area contributed by atoms with Gasteiger partial charge in [-0.25, -0.2) is 0 Å². The number of hydrogen-bond acceptors (Lipinski definition) is 3. The highest BCUT2D eigenvalue weighted by Gasteiger charge is 2.26. The van der Waals surface area contributed by atoms with Gasteiger partial charge in [0.1, 0.15) is 0 Å². The molecule has 3 nitrogen and oxygen atoms in total. The minimum atomic E-state index is -4.97. The van der Waals surface area contributed by atoms with Gasteiger partial charge < -0.3 is 0 Å². The first-order valence-electron chi connectivity index (χ1n) is 1.31. The fourth-order valence-corrected chi connectivity index (χ4v) is 0.254. The molecule has 0 aliphatic rings. The van der Waals surface area contributed by atoms with E-state index in [1.165, 1.54) is 4.36 Å². The molecule has 0 heterocycles. The molecule has 48 valence electrons. The number of halogens is 3. The first kappa shape index (κ1) is 7.41. The topological polar surface area (TPSA) is 46.5 Å². The van der Waals surface area contributed by atoms with Crippen molar-refractivity contribution in [1.82, 2.24) is 0 Å². The highest BCUT2D eigenvalue weighted by atomic mass is 32.2. The summed E-state index contributed by atoms with van der Waals surface area (Å²) in [6.07, 6.45) is -4.97. The molecule has 0 radical (unpaired) electrons. The molecule has 0 spiro atoms. The third-order valence-corrected chi connectivity index (χ3v) is 0.534. The zero-order valence-electron chi connectivity index (χ0n) is 3.31. The van der Waals surface area contributed by atoms with Gasteiger partial charge in [0.05, 0.1) is 0 Å². The molecule has 0 rings (SSSR count). The molecule has 0 saturated carbocycles. The van der Waals surface area contributed by atoms with E-state index in [9.17, 15) is 13.2 Å². The van der Waals surface area contributed by atoms with E-state index in [1.54, 1.807) is 0 Å². The molecule has 8 heavy (non-hydrogen) atoms. The second-order valence-corrected chi connectivity index (χ2v) is 1.39. The fraction of sp³-hybridized carbons (Fsp3) is 1.00. The lowest BCUT2D eigenvalue weighted by Gasteiger charge is -1.88. The lowest BCUT2D eigenvalue weighted by atomic mass is 11.3. The third kappa shape index (κ3) is 5.41. The SMILES string of the molecule is O=S(=O)=NC(F)(F)F. The normalized spacial score (nSPS) is 10.9. The van der Waals surface area contributed by atoms with Gasteiger partial charge in [0.15, 0.2) is 0 Å². The minimum absolute atomic E-state index is 1.33. The van der Waals surface area contributed by atoms with E-state index >= 15 is 0 Å². The summed E-state index contributed by atoms with van der Waals surface area (Å²) in [6.45, 7) is 0. The van der Waals surface area contributed by atoms with E-state index in [-0.39, 0.29) is 0 Å². The van der Waals surface area contributed by atoms with Gasteiger partial charge >= 0.3 is 16.8 Å². The van der Waals surface area contributed by atoms with Crippen LogP contribution in [-0.2, 0) is 10.5 Å². The van der Waals surface area contributed by atoms with Crippen LogP contribution in [0.1, 0.15) is 0 Å². The molecule has 0 amide bonds. The van der Waals surface area contributed by atoms with Crippen molar-refractivity contribution in [2.75, 3.05) is 0 Å². The average molecular weight is 147 g/mol. The van der Waals surface area contributed by atoms with Gasteiger partial charge in [-0.15, -0.1) is 13.2 Å².